The molecule has 0 bridgehead atoms. The molecule has 0 amide bonds. The summed E-state index contributed by atoms with van der Waals surface area (Å²) in [6.07, 6.45) is 5.17. The Labute approximate surface area is 112 Å². The van der Waals surface area contributed by atoms with Crippen molar-refractivity contribution in [1.82, 2.24) is 10.2 Å². The zero-order valence-corrected chi connectivity index (χ0v) is 12.2. The highest BCUT2D eigenvalue weighted by molar-refractivity contribution is 4.85. The first kappa shape index (κ1) is 14.3. The molecule has 106 valence electrons. The lowest BCUT2D eigenvalue weighted by molar-refractivity contribution is 0.0410. The van der Waals surface area contributed by atoms with Crippen molar-refractivity contribution in [2.45, 2.75) is 45.6 Å². The fourth-order valence-corrected chi connectivity index (χ4v) is 3.51. The monoisotopic (exact) mass is 254 g/mol. The molecule has 2 rings (SSSR count). The Morgan fingerprint density at radius 3 is 2.61 bits per heavy atom. The van der Waals surface area contributed by atoms with Crippen molar-refractivity contribution in [3.05, 3.63) is 0 Å². The minimum atomic E-state index is 0.755. The second-order valence-corrected chi connectivity index (χ2v) is 5.94. The van der Waals surface area contributed by atoms with Gasteiger partial charge in [-0.1, -0.05) is 20.3 Å². The molecule has 18 heavy (non-hydrogen) atoms. The molecule has 3 nitrogen and oxygen atoms in total. The quantitative estimate of drug-likeness (QED) is 0.813. The Morgan fingerprint density at radius 2 is 1.94 bits per heavy atom. The SMILES string of the molecule is CCNC1CCN(CC2CCOCC2)CC1CC. The first-order chi connectivity index (χ1) is 8.83. The van der Waals surface area contributed by atoms with Crippen molar-refractivity contribution in [3.8, 4) is 0 Å². The van der Waals surface area contributed by atoms with Gasteiger partial charge in [0.1, 0.15) is 0 Å². The average molecular weight is 254 g/mol. The normalized spacial score (nSPS) is 31.7. The Morgan fingerprint density at radius 1 is 1.17 bits per heavy atom. The van der Waals surface area contributed by atoms with Gasteiger partial charge < -0.3 is 15.0 Å². The van der Waals surface area contributed by atoms with Gasteiger partial charge in [-0.3, -0.25) is 0 Å². The van der Waals surface area contributed by atoms with Crippen LogP contribution in [0.2, 0.25) is 0 Å². The maximum Gasteiger partial charge on any atom is 0.0469 e. The number of hydrogen-bond acceptors (Lipinski definition) is 3. The highest BCUT2D eigenvalue weighted by atomic mass is 16.5. The number of rotatable bonds is 5. The topological polar surface area (TPSA) is 24.5 Å². The van der Waals surface area contributed by atoms with Gasteiger partial charge in [-0.05, 0) is 44.2 Å². The van der Waals surface area contributed by atoms with Crippen LogP contribution >= 0.6 is 0 Å². The molecule has 2 atom stereocenters. The minimum absolute atomic E-state index is 0.755. The molecule has 0 aliphatic carbocycles. The Kier molecular flexibility index (Phi) is 5.93. The van der Waals surface area contributed by atoms with E-state index in [1.165, 1.54) is 45.3 Å². The summed E-state index contributed by atoms with van der Waals surface area (Å²) >= 11 is 0. The molecule has 2 saturated heterocycles. The Bertz CT molecular complexity index is 229. The number of hydrogen-bond donors (Lipinski definition) is 1. The molecule has 1 N–H and O–H groups in total. The zero-order valence-electron chi connectivity index (χ0n) is 12.2. The van der Waals surface area contributed by atoms with Gasteiger partial charge in [-0.25, -0.2) is 0 Å². The molecule has 2 aliphatic rings. The third kappa shape index (κ3) is 3.94. The summed E-state index contributed by atoms with van der Waals surface area (Å²) in [6.45, 7) is 11.5. The largest absolute Gasteiger partial charge is 0.381 e. The van der Waals surface area contributed by atoms with Crippen molar-refractivity contribution >= 4 is 0 Å². The highest BCUT2D eigenvalue weighted by Crippen LogP contribution is 2.23. The van der Waals surface area contributed by atoms with Crippen molar-refractivity contribution in [2.75, 3.05) is 39.4 Å². The van der Waals surface area contributed by atoms with Gasteiger partial charge in [0.2, 0.25) is 0 Å². The van der Waals surface area contributed by atoms with E-state index in [1.807, 2.05) is 0 Å². The molecule has 0 radical (unpaired) electrons. The fraction of sp³-hybridized carbons (Fsp3) is 1.00. The number of piperidine rings is 1. The Hall–Kier alpha value is -0.120. The molecule has 2 aliphatic heterocycles. The van der Waals surface area contributed by atoms with Crippen LogP contribution in [0.1, 0.15) is 39.5 Å². The van der Waals surface area contributed by atoms with Gasteiger partial charge in [0, 0.05) is 32.3 Å². The van der Waals surface area contributed by atoms with Crippen molar-refractivity contribution < 1.29 is 4.74 Å². The van der Waals surface area contributed by atoms with Crippen LogP contribution in [-0.2, 0) is 4.74 Å². The minimum Gasteiger partial charge on any atom is -0.381 e. The molecular weight excluding hydrogens is 224 g/mol. The smallest absolute Gasteiger partial charge is 0.0469 e. The van der Waals surface area contributed by atoms with Crippen LogP contribution in [0.4, 0.5) is 0 Å². The molecule has 2 heterocycles. The van der Waals surface area contributed by atoms with E-state index < -0.39 is 0 Å². The summed E-state index contributed by atoms with van der Waals surface area (Å²) in [4.78, 5) is 2.71. The summed E-state index contributed by atoms with van der Waals surface area (Å²) in [5.74, 6) is 1.73. The first-order valence-electron chi connectivity index (χ1n) is 7.87. The van der Waals surface area contributed by atoms with Crippen LogP contribution in [-0.4, -0.2) is 50.3 Å². The fourth-order valence-electron chi connectivity index (χ4n) is 3.51. The van der Waals surface area contributed by atoms with Crippen LogP contribution in [0.5, 0.6) is 0 Å². The predicted octanol–water partition coefficient (Wildman–Crippen LogP) is 2.12. The summed E-state index contributed by atoms with van der Waals surface area (Å²) < 4.78 is 5.45. The van der Waals surface area contributed by atoms with Crippen molar-refractivity contribution in [1.29, 1.82) is 0 Å². The first-order valence-corrected chi connectivity index (χ1v) is 7.87. The summed E-state index contributed by atoms with van der Waals surface area (Å²) in [5, 5.41) is 3.66. The van der Waals surface area contributed by atoms with Gasteiger partial charge in [-0.2, -0.15) is 0 Å². The van der Waals surface area contributed by atoms with Crippen LogP contribution < -0.4 is 5.32 Å². The van der Waals surface area contributed by atoms with E-state index in [0.717, 1.165) is 37.6 Å². The maximum absolute atomic E-state index is 5.45. The number of nitrogens with zero attached hydrogens (tertiary/aromatic N) is 1. The van der Waals surface area contributed by atoms with Crippen LogP contribution in [0.25, 0.3) is 0 Å². The maximum atomic E-state index is 5.45. The predicted molar refractivity (Wildman–Crippen MR) is 75.8 cm³/mol. The van der Waals surface area contributed by atoms with Crippen LogP contribution in [0, 0.1) is 11.8 Å². The molecular formula is C15H30N2O. The standard InChI is InChI=1S/C15H30N2O/c1-3-14-12-17(8-5-15(14)16-4-2)11-13-6-9-18-10-7-13/h13-16H,3-12H2,1-2H3. The van der Waals surface area contributed by atoms with Gasteiger partial charge in [0.05, 0.1) is 0 Å². The van der Waals surface area contributed by atoms with Crippen molar-refractivity contribution in [3.63, 3.8) is 0 Å². The zero-order chi connectivity index (χ0) is 12.8. The van der Waals surface area contributed by atoms with E-state index in [2.05, 4.69) is 24.1 Å². The third-order valence-corrected chi connectivity index (χ3v) is 4.67. The van der Waals surface area contributed by atoms with Gasteiger partial charge in [-0.15, -0.1) is 0 Å². The lowest BCUT2D eigenvalue weighted by Crippen LogP contribution is -2.50. The van der Waals surface area contributed by atoms with Crippen LogP contribution in [0.15, 0.2) is 0 Å². The van der Waals surface area contributed by atoms with E-state index in [4.69, 9.17) is 4.74 Å². The number of nitrogens with one attached hydrogen (secondary N) is 1. The lowest BCUT2D eigenvalue weighted by atomic mass is 9.88. The van der Waals surface area contributed by atoms with Gasteiger partial charge in [0.25, 0.3) is 0 Å². The molecule has 0 aromatic heterocycles. The highest BCUT2D eigenvalue weighted by Gasteiger charge is 2.28. The molecule has 0 aromatic carbocycles. The number of ether oxygens (including phenoxy) is 1. The molecule has 3 heteroatoms. The average Bonchev–Trinajstić information content (AvgIpc) is 2.42. The van der Waals surface area contributed by atoms with E-state index in [9.17, 15) is 0 Å². The van der Waals surface area contributed by atoms with Crippen LogP contribution in [0.3, 0.4) is 0 Å². The van der Waals surface area contributed by atoms with Crippen molar-refractivity contribution in [2.24, 2.45) is 11.8 Å². The summed E-state index contributed by atoms with van der Waals surface area (Å²) in [7, 11) is 0. The molecule has 0 saturated carbocycles. The van der Waals surface area contributed by atoms with Gasteiger partial charge in [0.15, 0.2) is 0 Å². The number of likely N-dealkylation sites (tertiary alicyclic amines) is 1. The summed E-state index contributed by atoms with van der Waals surface area (Å²) in [6, 6.07) is 0.755. The molecule has 0 aromatic rings. The van der Waals surface area contributed by atoms with E-state index in [1.54, 1.807) is 0 Å². The van der Waals surface area contributed by atoms with E-state index in [-0.39, 0.29) is 0 Å². The molecule has 0 spiro atoms. The lowest BCUT2D eigenvalue weighted by Gasteiger charge is -2.40. The van der Waals surface area contributed by atoms with E-state index in [0.29, 0.717) is 0 Å². The van der Waals surface area contributed by atoms with Gasteiger partial charge >= 0.3 is 0 Å². The molecule has 2 unspecified atom stereocenters. The molecule has 2 fully saturated rings. The Balaban J connectivity index is 1.77. The second-order valence-electron chi connectivity index (χ2n) is 5.94. The summed E-state index contributed by atoms with van der Waals surface area (Å²) in [5.41, 5.74) is 0. The van der Waals surface area contributed by atoms with E-state index >= 15 is 0 Å². The third-order valence-electron chi connectivity index (χ3n) is 4.67. The second kappa shape index (κ2) is 7.46.